The normalized spacial score (nSPS) is 10.8. The minimum Gasteiger partial charge on any atom is -0.339 e. The summed E-state index contributed by atoms with van der Waals surface area (Å²) in [7, 11) is 0. The van der Waals surface area contributed by atoms with Gasteiger partial charge in [0.1, 0.15) is 0 Å². The highest BCUT2D eigenvalue weighted by Gasteiger charge is 2.08. The molecule has 0 atom stereocenters. The fraction of sp³-hybridized carbons (Fsp3) is 0.0769. The summed E-state index contributed by atoms with van der Waals surface area (Å²) >= 11 is 0. The first kappa shape index (κ1) is 9.09. The van der Waals surface area contributed by atoms with Crippen molar-refractivity contribution < 1.29 is 4.52 Å². The molecule has 3 heteroatoms. The van der Waals surface area contributed by atoms with Crippen molar-refractivity contribution in [1.29, 1.82) is 0 Å². The van der Waals surface area contributed by atoms with Crippen LogP contribution in [0.1, 0.15) is 5.89 Å². The molecule has 0 fully saturated rings. The van der Waals surface area contributed by atoms with Gasteiger partial charge in [-0.3, -0.25) is 0 Å². The Labute approximate surface area is 92.7 Å². The standard InChI is InChI=1S/C13H10N2O/c1-9-14-13(15-16-9)12-8-4-6-10-5-2-3-7-11(10)12/h2-8H,1H3. The quantitative estimate of drug-likeness (QED) is 0.619. The predicted octanol–water partition coefficient (Wildman–Crippen LogP) is 3.20. The second-order valence-corrected chi connectivity index (χ2v) is 3.66. The number of benzene rings is 2. The molecule has 78 valence electrons. The van der Waals surface area contributed by atoms with Crippen molar-refractivity contribution in [2.24, 2.45) is 0 Å². The molecule has 3 nitrogen and oxygen atoms in total. The minimum absolute atomic E-state index is 0.586. The maximum atomic E-state index is 5.01. The summed E-state index contributed by atoms with van der Waals surface area (Å²) in [6.45, 7) is 1.79. The summed E-state index contributed by atoms with van der Waals surface area (Å²) in [6.07, 6.45) is 0. The van der Waals surface area contributed by atoms with Crippen LogP contribution in [-0.2, 0) is 0 Å². The van der Waals surface area contributed by atoms with Crippen molar-refractivity contribution >= 4 is 10.8 Å². The zero-order valence-electron chi connectivity index (χ0n) is 8.84. The lowest BCUT2D eigenvalue weighted by Crippen LogP contribution is -1.83. The first-order valence-electron chi connectivity index (χ1n) is 5.13. The van der Waals surface area contributed by atoms with Crippen molar-refractivity contribution in [3.05, 3.63) is 48.4 Å². The van der Waals surface area contributed by atoms with E-state index in [1.165, 1.54) is 5.39 Å². The highest BCUT2D eigenvalue weighted by atomic mass is 16.5. The minimum atomic E-state index is 0.586. The van der Waals surface area contributed by atoms with Crippen LogP contribution in [0.3, 0.4) is 0 Å². The van der Waals surface area contributed by atoms with E-state index in [4.69, 9.17) is 4.52 Å². The third kappa shape index (κ3) is 1.37. The first-order chi connectivity index (χ1) is 7.84. The van der Waals surface area contributed by atoms with Gasteiger partial charge >= 0.3 is 0 Å². The molecule has 1 heterocycles. The molecule has 0 N–H and O–H groups in total. The second-order valence-electron chi connectivity index (χ2n) is 3.66. The summed E-state index contributed by atoms with van der Waals surface area (Å²) in [5, 5.41) is 6.28. The molecule has 0 saturated heterocycles. The fourth-order valence-corrected chi connectivity index (χ4v) is 1.83. The predicted molar refractivity (Wildman–Crippen MR) is 62.0 cm³/mol. The molecule has 0 saturated carbocycles. The molecule has 0 unspecified atom stereocenters. The van der Waals surface area contributed by atoms with Crippen LogP contribution in [-0.4, -0.2) is 10.1 Å². The Morgan fingerprint density at radius 2 is 1.81 bits per heavy atom. The number of hydrogen-bond acceptors (Lipinski definition) is 3. The summed E-state index contributed by atoms with van der Waals surface area (Å²) < 4.78 is 5.01. The molecule has 2 aromatic carbocycles. The molecule has 0 spiro atoms. The van der Waals surface area contributed by atoms with Crippen LogP contribution in [0.25, 0.3) is 22.2 Å². The van der Waals surface area contributed by atoms with Crippen molar-refractivity contribution in [1.82, 2.24) is 10.1 Å². The van der Waals surface area contributed by atoms with Gasteiger partial charge < -0.3 is 4.52 Å². The first-order valence-corrected chi connectivity index (χ1v) is 5.13. The van der Waals surface area contributed by atoms with E-state index in [1.54, 1.807) is 6.92 Å². The zero-order chi connectivity index (χ0) is 11.0. The van der Waals surface area contributed by atoms with Gasteiger partial charge in [0, 0.05) is 12.5 Å². The van der Waals surface area contributed by atoms with Gasteiger partial charge in [-0.15, -0.1) is 0 Å². The number of aryl methyl sites for hydroxylation is 1. The summed E-state index contributed by atoms with van der Waals surface area (Å²) in [5.41, 5.74) is 1.01. The second kappa shape index (κ2) is 3.45. The third-order valence-electron chi connectivity index (χ3n) is 2.56. The number of nitrogens with zero attached hydrogens (tertiary/aromatic N) is 2. The van der Waals surface area contributed by atoms with E-state index in [9.17, 15) is 0 Å². The van der Waals surface area contributed by atoms with E-state index in [1.807, 2.05) is 24.3 Å². The van der Waals surface area contributed by atoms with Gasteiger partial charge in [-0.05, 0) is 10.8 Å². The van der Waals surface area contributed by atoms with Crippen molar-refractivity contribution in [2.45, 2.75) is 6.92 Å². The Morgan fingerprint density at radius 1 is 1.00 bits per heavy atom. The maximum Gasteiger partial charge on any atom is 0.223 e. The molecular weight excluding hydrogens is 200 g/mol. The Bertz CT molecular complexity index is 638. The number of hydrogen-bond donors (Lipinski definition) is 0. The van der Waals surface area contributed by atoms with Gasteiger partial charge in [0.25, 0.3) is 0 Å². The van der Waals surface area contributed by atoms with Crippen LogP contribution in [0.2, 0.25) is 0 Å². The van der Waals surface area contributed by atoms with Crippen LogP contribution in [0.15, 0.2) is 47.0 Å². The van der Waals surface area contributed by atoms with Gasteiger partial charge in [-0.1, -0.05) is 47.6 Å². The van der Waals surface area contributed by atoms with Crippen LogP contribution in [0.5, 0.6) is 0 Å². The van der Waals surface area contributed by atoms with Gasteiger partial charge in [0.05, 0.1) is 0 Å². The molecule has 0 bridgehead atoms. The molecule has 3 aromatic rings. The van der Waals surface area contributed by atoms with Gasteiger partial charge in [0.15, 0.2) is 0 Å². The molecule has 0 aliphatic heterocycles. The third-order valence-corrected chi connectivity index (χ3v) is 2.56. The highest BCUT2D eigenvalue weighted by Crippen LogP contribution is 2.26. The Balaban J connectivity index is 2.31. The maximum absolute atomic E-state index is 5.01. The topological polar surface area (TPSA) is 38.9 Å². The summed E-state index contributed by atoms with van der Waals surface area (Å²) in [6, 6.07) is 14.3. The van der Waals surface area contributed by atoms with E-state index >= 15 is 0 Å². The van der Waals surface area contributed by atoms with E-state index < -0.39 is 0 Å². The van der Waals surface area contributed by atoms with Gasteiger partial charge in [-0.2, -0.15) is 4.98 Å². The number of fused-ring (bicyclic) bond motifs is 1. The molecule has 16 heavy (non-hydrogen) atoms. The monoisotopic (exact) mass is 210 g/mol. The van der Waals surface area contributed by atoms with E-state index in [0.29, 0.717) is 11.7 Å². The van der Waals surface area contributed by atoms with Crippen LogP contribution in [0, 0.1) is 6.92 Å². The van der Waals surface area contributed by atoms with Crippen LogP contribution < -0.4 is 0 Å². The fourth-order valence-electron chi connectivity index (χ4n) is 1.83. The van der Waals surface area contributed by atoms with Gasteiger partial charge in [0.2, 0.25) is 11.7 Å². The van der Waals surface area contributed by atoms with E-state index in [-0.39, 0.29) is 0 Å². The summed E-state index contributed by atoms with van der Waals surface area (Å²) in [4.78, 5) is 4.25. The molecule has 3 rings (SSSR count). The molecule has 0 amide bonds. The van der Waals surface area contributed by atoms with Gasteiger partial charge in [-0.25, -0.2) is 0 Å². The van der Waals surface area contributed by atoms with Crippen molar-refractivity contribution in [3.63, 3.8) is 0 Å². The van der Waals surface area contributed by atoms with Crippen molar-refractivity contribution in [2.75, 3.05) is 0 Å². The molecule has 1 aromatic heterocycles. The lowest BCUT2D eigenvalue weighted by molar-refractivity contribution is 0.394. The highest BCUT2D eigenvalue weighted by molar-refractivity contribution is 5.94. The molecule has 0 aliphatic carbocycles. The number of rotatable bonds is 1. The average Bonchev–Trinajstić information content (AvgIpc) is 2.75. The lowest BCUT2D eigenvalue weighted by atomic mass is 10.0. The Hall–Kier alpha value is -2.16. The van der Waals surface area contributed by atoms with E-state index in [0.717, 1.165) is 10.9 Å². The molecular formula is C13H10N2O. The zero-order valence-corrected chi connectivity index (χ0v) is 8.84. The van der Waals surface area contributed by atoms with Crippen LogP contribution in [0.4, 0.5) is 0 Å². The Kier molecular flexibility index (Phi) is 1.96. The van der Waals surface area contributed by atoms with E-state index in [2.05, 4.69) is 28.3 Å². The average molecular weight is 210 g/mol. The molecule has 0 radical (unpaired) electrons. The van der Waals surface area contributed by atoms with Crippen LogP contribution >= 0.6 is 0 Å². The largest absolute Gasteiger partial charge is 0.339 e. The smallest absolute Gasteiger partial charge is 0.223 e. The summed E-state index contributed by atoms with van der Waals surface area (Å²) in [5.74, 6) is 1.23. The Morgan fingerprint density at radius 3 is 2.62 bits per heavy atom. The molecule has 0 aliphatic rings. The van der Waals surface area contributed by atoms with Crippen molar-refractivity contribution in [3.8, 4) is 11.4 Å². The number of aromatic nitrogens is 2. The lowest BCUT2D eigenvalue weighted by Gasteiger charge is -2.01. The SMILES string of the molecule is Cc1nc(-c2cccc3ccccc23)no1.